The second-order valence-electron chi connectivity index (χ2n) is 9.22. The lowest BCUT2D eigenvalue weighted by atomic mass is 9.83. The minimum Gasteiger partial charge on any atom is -0.385 e. The average molecular weight is 539 g/mol. The fourth-order valence-corrected chi connectivity index (χ4v) is 5.99. The summed E-state index contributed by atoms with van der Waals surface area (Å²) >= 11 is 0. The van der Waals surface area contributed by atoms with E-state index in [4.69, 9.17) is 0 Å². The molecule has 0 atom stereocenters. The molecule has 0 bridgehead atoms. The number of amides is 1. The second kappa shape index (κ2) is 9.73. The summed E-state index contributed by atoms with van der Waals surface area (Å²) in [6.07, 6.45) is 1.93. The number of nitrogens with one attached hydrogen (secondary N) is 1. The predicted octanol–water partition coefficient (Wildman–Crippen LogP) is 4.14. The SMILES string of the molecule is Cc1nc(F)ccc1C1(O)CCN(C(=O)c2ccc(NS(=O)(=O)c3ccc(F)c4cccnc34)cc2)CC1. The lowest BCUT2D eigenvalue weighted by Gasteiger charge is -2.39. The molecule has 2 aromatic heterocycles. The third kappa shape index (κ3) is 4.82. The van der Waals surface area contributed by atoms with Gasteiger partial charge >= 0.3 is 0 Å². The number of carbonyl (C=O) groups excluding carboxylic acids is 1. The summed E-state index contributed by atoms with van der Waals surface area (Å²) in [5.41, 5.74) is 0.349. The number of hydrogen-bond donors (Lipinski definition) is 2. The van der Waals surface area contributed by atoms with Crippen molar-refractivity contribution in [3.63, 3.8) is 0 Å². The zero-order chi connectivity index (χ0) is 27.1. The van der Waals surface area contributed by atoms with E-state index in [0.29, 0.717) is 16.8 Å². The molecule has 4 aromatic rings. The van der Waals surface area contributed by atoms with Gasteiger partial charge in [-0.1, -0.05) is 0 Å². The Hall–Kier alpha value is -3.96. The van der Waals surface area contributed by atoms with Crippen LogP contribution in [0.5, 0.6) is 0 Å². The van der Waals surface area contributed by atoms with Crippen LogP contribution in [0.15, 0.2) is 71.8 Å². The highest BCUT2D eigenvalue weighted by atomic mass is 32.2. The molecule has 11 heteroatoms. The van der Waals surface area contributed by atoms with Crippen molar-refractivity contribution in [2.75, 3.05) is 17.8 Å². The number of nitrogens with zero attached hydrogens (tertiary/aromatic N) is 3. The van der Waals surface area contributed by atoms with Crippen LogP contribution < -0.4 is 4.72 Å². The van der Waals surface area contributed by atoms with Gasteiger partial charge in [-0.25, -0.2) is 17.8 Å². The maximum atomic E-state index is 14.1. The first-order valence-corrected chi connectivity index (χ1v) is 13.4. The van der Waals surface area contributed by atoms with Crippen LogP contribution in [0, 0.1) is 18.7 Å². The molecule has 38 heavy (non-hydrogen) atoms. The number of hydrogen-bond acceptors (Lipinski definition) is 6. The van der Waals surface area contributed by atoms with E-state index in [0.717, 1.165) is 12.1 Å². The van der Waals surface area contributed by atoms with E-state index in [1.165, 1.54) is 54.7 Å². The van der Waals surface area contributed by atoms with Crippen molar-refractivity contribution in [1.29, 1.82) is 0 Å². The molecule has 1 saturated heterocycles. The van der Waals surface area contributed by atoms with Crippen LogP contribution in [0.25, 0.3) is 10.9 Å². The molecule has 0 saturated carbocycles. The van der Waals surface area contributed by atoms with Gasteiger partial charge in [0.1, 0.15) is 10.7 Å². The lowest BCUT2D eigenvalue weighted by molar-refractivity contribution is -0.0219. The first-order valence-electron chi connectivity index (χ1n) is 11.9. The summed E-state index contributed by atoms with van der Waals surface area (Å²) in [6, 6.07) is 13.9. The molecule has 1 aliphatic heterocycles. The van der Waals surface area contributed by atoms with Crippen LogP contribution in [-0.2, 0) is 15.6 Å². The Balaban J connectivity index is 1.28. The lowest BCUT2D eigenvalue weighted by Crippen LogP contribution is -2.45. The van der Waals surface area contributed by atoms with Crippen molar-refractivity contribution < 1.29 is 27.1 Å². The Bertz CT molecular complexity index is 1640. The molecule has 1 fully saturated rings. The number of rotatable bonds is 5. The third-order valence-corrected chi connectivity index (χ3v) is 8.20. The third-order valence-electron chi connectivity index (χ3n) is 6.78. The molecule has 2 aromatic carbocycles. The number of likely N-dealkylation sites (tertiary alicyclic amines) is 1. The fraction of sp³-hybridized carbons (Fsp3) is 0.222. The van der Waals surface area contributed by atoms with Crippen LogP contribution in [0.4, 0.5) is 14.5 Å². The number of carbonyl (C=O) groups is 1. The van der Waals surface area contributed by atoms with E-state index < -0.39 is 27.4 Å². The highest BCUT2D eigenvalue weighted by Crippen LogP contribution is 2.35. The zero-order valence-electron chi connectivity index (χ0n) is 20.4. The molecule has 3 heterocycles. The van der Waals surface area contributed by atoms with Gasteiger partial charge < -0.3 is 10.0 Å². The Kier molecular flexibility index (Phi) is 6.58. The van der Waals surface area contributed by atoms with Gasteiger partial charge in [-0.15, -0.1) is 0 Å². The summed E-state index contributed by atoms with van der Waals surface area (Å²) in [5.74, 6) is -1.45. The number of aryl methyl sites for hydroxylation is 1. The van der Waals surface area contributed by atoms with Crippen molar-refractivity contribution in [3.8, 4) is 0 Å². The highest BCUT2D eigenvalue weighted by molar-refractivity contribution is 7.93. The summed E-state index contributed by atoms with van der Waals surface area (Å²) in [5, 5.41) is 11.2. The smallest absolute Gasteiger partial charge is 0.264 e. The van der Waals surface area contributed by atoms with Gasteiger partial charge in [0.15, 0.2) is 0 Å². The normalized spacial score (nSPS) is 15.4. The maximum absolute atomic E-state index is 14.1. The average Bonchev–Trinajstić information content (AvgIpc) is 2.89. The van der Waals surface area contributed by atoms with Gasteiger partial charge in [0.05, 0.1) is 11.1 Å². The van der Waals surface area contributed by atoms with Crippen LogP contribution in [0.2, 0.25) is 0 Å². The largest absolute Gasteiger partial charge is 0.385 e. The minimum atomic E-state index is -4.09. The minimum absolute atomic E-state index is 0.0171. The highest BCUT2D eigenvalue weighted by Gasteiger charge is 2.37. The van der Waals surface area contributed by atoms with Crippen LogP contribution >= 0.6 is 0 Å². The van der Waals surface area contributed by atoms with Gasteiger partial charge in [-0.2, -0.15) is 4.39 Å². The quantitative estimate of drug-likeness (QED) is 0.370. The van der Waals surface area contributed by atoms with Gasteiger partial charge in [0.2, 0.25) is 5.95 Å². The summed E-state index contributed by atoms with van der Waals surface area (Å²) in [4.78, 5) is 22.3. The van der Waals surface area contributed by atoms with Crippen molar-refractivity contribution in [1.82, 2.24) is 14.9 Å². The van der Waals surface area contributed by atoms with E-state index in [1.807, 2.05) is 0 Å². The number of benzene rings is 2. The van der Waals surface area contributed by atoms with Crippen molar-refractivity contribution in [2.24, 2.45) is 0 Å². The molecule has 5 rings (SSSR count). The molecule has 0 spiro atoms. The number of aliphatic hydroxyl groups is 1. The number of halogens is 2. The monoisotopic (exact) mass is 538 g/mol. The van der Waals surface area contributed by atoms with Crippen molar-refractivity contribution in [2.45, 2.75) is 30.3 Å². The number of anilines is 1. The summed E-state index contributed by atoms with van der Waals surface area (Å²) < 4.78 is 56.0. The van der Waals surface area contributed by atoms with E-state index >= 15 is 0 Å². The molecule has 0 unspecified atom stereocenters. The molecule has 8 nitrogen and oxygen atoms in total. The summed E-state index contributed by atoms with van der Waals surface area (Å²) in [7, 11) is -4.09. The molecular formula is C27H24F2N4O4S. The molecule has 196 valence electrons. The molecule has 0 radical (unpaired) electrons. The second-order valence-corrected chi connectivity index (χ2v) is 10.9. The maximum Gasteiger partial charge on any atom is 0.264 e. The van der Waals surface area contributed by atoms with Crippen molar-refractivity contribution in [3.05, 3.63) is 95.4 Å². The van der Waals surface area contributed by atoms with Crippen LogP contribution in [-0.4, -0.2) is 47.4 Å². The van der Waals surface area contributed by atoms with Crippen LogP contribution in [0.1, 0.15) is 34.5 Å². The zero-order valence-corrected chi connectivity index (χ0v) is 21.2. The van der Waals surface area contributed by atoms with E-state index in [-0.39, 0.29) is 53.3 Å². The molecule has 2 N–H and O–H groups in total. The Morgan fingerprint density at radius 2 is 1.74 bits per heavy atom. The number of aromatic nitrogens is 2. The number of sulfonamides is 1. The Labute approximate surface area is 218 Å². The predicted molar refractivity (Wildman–Crippen MR) is 137 cm³/mol. The fourth-order valence-electron chi connectivity index (χ4n) is 4.77. The molecule has 1 aliphatic rings. The van der Waals surface area contributed by atoms with E-state index in [1.54, 1.807) is 11.8 Å². The first kappa shape index (κ1) is 25.7. The van der Waals surface area contributed by atoms with Gasteiger partial charge in [-0.05, 0) is 80.4 Å². The number of piperidine rings is 1. The number of pyridine rings is 2. The standard InChI is InChI=1S/C27H24F2N4O4S/c1-17-21(8-11-24(29)31-17)27(35)12-15-33(16-13-27)26(34)18-4-6-19(7-5-18)32-38(36,37)23-10-9-22(28)20-3-2-14-30-25(20)23/h2-11,14,32,35H,12-13,15-16H2,1H3. The van der Waals surface area contributed by atoms with E-state index in [9.17, 15) is 27.1 Å². The Morgan fingerprint density at radius 3 is 2.42 bits per heavy atom. The van der Waals surface area contributed by atoms with Gasteiger partial charge in [0.25, 0.3) is 15.9 Å². The molecular weight excluding hydrogens is 514 g/mol. The van der Waals surface area contributed by atoms with Crippen LogP contribution in [0.3, 0.4) is 0 Å². The van der Waals surface area contributed by atoms with E-state index in [2.05, 4.69) is 14.7 Å². The number of fused-ring (bicyclic) bond motifs is 1. The topological polar surface area (TPSA) is 112 Å². The first-order chi connectivity index (χ1) is 18.1. The van der Waals surface area contributed by atoms with Gasteiger partial charge in [-0.3, -0.25) is 14.5 Å². The summed E-state index contributed by atoms with van der Waals surface area (Å²) in [6.45, 7) is 2.20. The molecule has 1 amide bonds. The Morgan fingerprint density at radius 1 is 1.03 bits per heavy atom. The molecule has 0 aliphatic carbocycles. The van der Waals surface area contributed by atoms with Gasteiger partial charge in [0, 0.05) is 47.2 Å². The van der Waals surface area contributed by atoms with Crippen molar-refractivity contribution >= 4 is 32.5 Å².